The second kappa shape index (κ2) is 20.2. The molecule has 2 aliphatic heterocycles. The van der Waals surface area contributed by atoms with Crippen LogP contribution in [0.15, 0.2) is 65.9 Å². The molecule has 2 aromatic carbocycles. The van der Waals surface area contributed by atoms with Gasteiger partial charge in [0.2, 0.25) is 18.0 Å². The van der Waals surface area contributed by atoms with E-state index in [0.717, 1.165) is 91.7 Å². The van der Waals surface area contributed by atoms with Crippen LogP contribution in [0.2, 0.25) is 0 Å². The van der Waals surface area contributed by atoms with Crippen LogP contribution in [-0.4, -0.2) is 78.3 Å². The maximum atomic E-state index is 14.4. The molecule has 2 N–H and O–H groups in total. The monoisotopic (exact) mass is 812 g/mol. The van der Waals surface area contributed by atoms with Gasteiger partial charge in [-0.05, 0) is 124 Å². The number of carbonyl (C=O) groups is 1. The van der Waals surface area contributed by atoms with E-state index in [2.05, 4.69) is 44.7 Å². The van der Waals surface area contributed by atoms with Crippen molar-refractivity contribution in [3.63, 3.8) is 0 Å². The first-order valence-corrected chi connectivity index (χ1v) is 22.6. The van der Waals surface area contributed by atoms with Crippen LogP contribution in [0.1, 0.15) is 125 Å². The van der Waals surface area contributed by atoms with Crippen LogP contribution >= 0.6 is 0 Å². The first kappa shape index (κ1) is 43.4. The summed E-state index contributed by atoms with van der Waals surface area (Å²) in [4.78, 5) is 22.6. The van der Waals surface area contributed by atoms with Gasteiger partial charge in [-0.15, -0.1) is 6.58 Å². The number of allylic oxidation sites excluding steroid dienone is 1. The summed E-state index contributed by atoms with van der Waals surface area (Å²) < 4.78 is 27.0. The number of fused-ring (bicyclic) bond motifs is 2. The average Bonchev–Trinajstić information content (AvgIpc) is 3.78. The zero-order valence-electron chi connectivity index (χ0n) is 35.7. The van der Waals surface area contributed by atoms with E-state index in [1.165, 1.54) is 31.2 Å². The Balaban J connectivity index is 1.38. The molecule has 0 radical (unpaired) electrons. The van der Waals surface area contributed by atoms with Gasteiger partial charge in [0.15, 0.2) is 0 Å². The third-order valence-electron chi connectivity index (χ3n) is 13.9. The van der Waals surface area contributed by atoms with Crippen molar-refractivity contribution in [2.24, 2.45) is 28.8 Å². The van der Waals surface area contributed by atoms with Crippen molar-refractivity contribution in [1.82, 2.24) is 4.90 Å². The fourth-order valence-electron chi connectivity index (χ4n) is 10.6. The van der Waals surface area contributed by atoms with E-state index in [-0.39, 0.29) is 49.4 Å². The normalized spacial score (nSPS) is 28.3. The van der Waals surface area contributed by atoms with Gasteiger partial charge in [0.1, 0.15) is 23.3 Å². The van der Waals surface area contributed by atoms with Crippen LogP contribution in [0.4, 0.5) is 0 Å². The van der Waals surface area contributed by atoms with Gasteiger partial charge >= 0.3 is 0 Å². The molecular weight excluding hydrogens is 745 g/mol. The van der Waals surface area contributed by atoms with Crippen molar-refractivity contribution in [1.29, 1.82) is 0 Å². The van der Waals surface area contributed by atoms with Crippen molar-refractivity contribution >= 4 is 11.6 Å². The minimum atomic E-state index is -1.27. The van der Waals surface area contributed by atoms with Gasteiger partial charge in [0.25, 0.3) is 0 Å². The third-order valence-corrected chi connectivity index (χ3v) is 13.9. The number of hydrogen-bond acceptors (Lipinski definition) is 9. The molecule has 2 saturated carbocycles. The van der Waals surface area contributed by atoms with E-state index in [4.69, 9.17) is 28.9 Å². The molecule has 2 aromatic rings. The Morgan fingerprint density at radius 3 is 2.42 bits per heavy atom. The predicted molar refractivity (Wildman–Crippen MR) is 230 cm³/mol. The molecule has 7 unspecified atom stereocenters. The molecule has 3 aliphatic carbocycles. The molecule has 10 heteroatoms. The lowest BCUT2D eigenvalue weighted by atomic mass is 9.55. The van der Waals surface area contributed by atoms with Crippen molar-refractivity contribution in [3.8, 4) is 17.2 Å². The minimum absolute atomic E-state index is 0.0760. The molecular formula is C49H68N2O8. The molecule has 0 bridgehead atoms. The van der Waals surface area contributed by atoms with Gasteiger partial charge in [-0.25, -0.2) is 0 Å². The first-order valence-electron chi connectivity index (χ1n) is 22.6. The smallest absolute Gasteiger partial charge is 0.239 e. The Bertz CT molecular complexity index is 1800. The van der Waals surface area contributed by atoms with E-state index in [0.29, 0.717) is 37.5 Å². The second-order valence-corrected chi connectivity index (χ2v) is 17.7. The Hall–Kier alpha value is -3.70. The second-order valence-electron chi connectivity index (χ2n) is 17.7. The number of ether oxygens (including phenoxy) is 4. The van der Waals surface area contributed by atoms with Crippen molar-refractivity contribution in [2.75, 3.05) is 33.5 Å². The fraction of sp³-hybridized carbons (Fsp3) is 0.633. The topological polar surface area (TPSA) is 119 Å². The molecule has 7 atom stereocenters. The number of benzene rings is 2. The van der Waals surface area contributed by atoms with Crippen LogP contribution in [0, 0.1) is 37.5 Å². The number of unbranched alkanes of at least 4 members (excludes halogenated alkanes) is 2. The third kappa shape index (κ3) is 9.77. The molecule has 0 spiro atoms. The summed E-state index contributed by atoms with van der Waals surface area (Å²) in [6.45, 7) is 9.39. The highest BCUT2D eigenvalue weighted by atomic mass is 16.8. The van der Waals surface area contributed by atoms with Crippen molar-refractivity contribution in [2.45, 2.75) is 141 Å². The maximum absolute atomic E-state index is 14.4. The van der Waals surface area contributed by atoms with Crippen molar-refractivity contribution in [3.05, 3.63) is 77.4 Å². The zero-order chi connectivity index (χ0) is 41.4. The molecule has 59 heavy (non-hydrogen) atoms. The molecule has 5 aliphatic rings. The number of nitrogens with zero attached hydrogens (tertiary/aromatic N) is 2. The van der Waals surface area contributed by atoms with Crippen molar-refractivity contribution < 1.29 is 38.8 Å². The number of carbonyl (C=O) groups excluding carboxylic acids is 1. The van der Waals surface area contributed by atoms with E-state index in [1.807, 2.05) is 30.1 Å². The highest BCUT2D eigenvalue weighted by Crippen LogP contribution is 2.62. The van der Waals surface area contributed by atoms with Gasteiger partial charge in [-0.2, -0.15) is 0 Å². The summed E-state index contributed by atoms with van der Waals surface area (Å²) in [6, 6.07) is 11.7. The predicted octanol–water partition coefficient (Wildman–Crippen LogP) is 9.68. The Morgan fingerprint density at radius 2 is 1.69 bits per heavy atom. The lowest BCUT2D eigenvalue weighted by molar-refractivity contribution is -0.256. The molecule has 10 nitrogen and oxygen atoms in total. The molecule has 2 heterocycles. The SMILES string of the molecule is C=CCOC12Oc3ccc(Oc4ccc(C)c(C)c4)cc3C3C(CCCCO)C(CCCCO)C=C(C(=NOC4CCCCO4)CC1N(C)C(=O)CCC1CCCC1)C32. The quantitative estimate of drug-likeness (QED) is 0.0818. The Kier molecular flexibility index (Phi) is 14.9. The summed E-state index contributed by atoms with van der Waals surface area (Å²) in [5, 5.41) is 24.8. The number of aryl methyl sites for hydroxylation is 2. The maximum Gasteiger partial charge on any atom is 0.239 e. The summed E-state index contributed by atoms with van der Waals surface area (Å²) >= 11 is 0. The lowest BCUT2D eigenvalue weighted by Gasteiger charge is -2.59. The summed E-state index contributed by atoms with van der Waals surface area (Å²) in [7, 11) is 1.91. The molecule has 3 fully saturated rings. The first-order chi connectivity index (χ1) is 28.8. The van der Waals surface area contributed by atoms with E-state index in [9.17, 15) is 15.0 Å². The molecule has 1 amide bonds. The van der Waals surface area contributed by atoms with E-state index < -0.39 is 18.1 Å². The Morgan fingerprint density at radius 1 is 0.949 bits per heavy atom. The molecule has 322 valence electrons. The Labute approximate surface area is 352 Å². The highest BCUT2D eigenvalue weighted by Gasteiger charge is 2.65. The van der Waals surface area contributed by atoms with Gasteiger partial charge in [0, 0.05) is 51.0 Å². The molecule has 0 aromatic heterocycles. The summed E-state index contributed by atoms with van der Waals surface area (Å²) in [5.41, 5.74) is 5.22. The van der Waals surface area contributed by atoms with Crippen LogP contribution in [-0.2, 0) is 19.1 Å². The summed E-state index contributed by atoms with van der Waals surface area (Å²) in [5.74, 6) is 1.39. The van der Waals surface area contributed by atoms with Crippen LogP contribution in [0.3, 0.4) is 0 Å². The average molecular weight is 813 g/mol. The summed E-state index contributed by atoms with van der Waals surface area (Å²) in [6.07, 6.45) is 18.0. The number of aliphatic hydroxyl groups excluding tert-OH is 2. The lowest BCUT2D eigenvalue weighted by Crippen LogP contribution is -2.69. The number of likely N-dealkylation sites (N-methyl/N-ethyl adjacent to an activating group) is 1. The number of oxime groups is 1. The largest absolute Gasteiger partial charge is 0.459 e. The number of amides is 1. The van der Waals surface area contributed by atoms with Gasteiger partial charge in [0.05, 0.1) is 24.8 Å². The number of hydrogen-bond donors (Lipinski definition) is 2. The highest BCUT2D eigenvalue weighted by molar-refractivity contribution is 6.03. The number of rotatable bonds is 19. The van der Waals surface area contributed by atoms with Gasteiger partial charge in [-0.1, -0.05) is 61.9 Å². The van der Waals surface area contributed by atoms with E-state index in [1.54, 1.807) is 6.08 Å². The van der Waals surface area contributed by atoms with Crippen LogP contribution in [0.5, 0.6) is 17.2 Å². The zero-order valence-corrected chi connectivity index (χ0v) is 35.7. The minimum Gasteiger partial charge on any atom is -0.459 e. The van der Waals surface area contributed by atoms with E-state index >= 15 is 0 Å². The van der Waals surface area contributed by atoms with Crippen LogP contribution < -0.4 is 9.47 Å². The molecule has 7 rings (SSSR count). The molecule has 1 saturated heterocycles. The van der Waals surface area contributed by atoms with Crippen LogP contribution in [0.25, 0.3) is 0 Å². The van der Waals surface area contributed by atoms with Gasteiger partial charge in [-0.3, -0.25) is 4.79 Å². The standard InChI is InChI=1S/C49H68N2O8/c1-5-27-56-49-44(51(4)45(54)24-20-35-14-6-7-15-35)32-42(50-59-46-18-10-13-28-55-46)40-30-36(16-8-11-25-52)39(17-9-12-26-53)47(48(40)49)41-31-38(22-23-43(41)58-49)57-37-21-19-33(2)34(3)29-37/h5,19,21-23,29-31,35-36,39,44,46-48,52-53H,1,6-18,20,24-28,32H2,2-4H3. The van der Waals surface area contributed by atoms with Gasteiger partial charge < -0.3 is 38.9 Å². The number of aliphatic hydroxyl groups is 2. The fourth-order valence-corrected chi connectivity index (χ4v) is 10.6.